The van der Waals surface area contributed by atoms with Gasteiger partial charge in [-0.15, -0.1) is 0 Å². The van der Waals surface area contributed by atoms with E-state index in [1.807, 2.05) is 18.2 Å². The molecule has 1 rings (SSSR count). The highest BCUT2D eigenvalue weighted by Gasteiger charge is 2.23. The molecule has 1 atom stereocenters. The lowest BCUT2D eigenvalue weighted by atomic mass is 9.88. The quantitative estimate of drug-likeness (QED) is 0.826. The van der Waals surface area contributed by atoms with E-state index in [1.54, 1.807) is 14.2 Å². The Morgan fingerprint density at radius 1 is 1.06 bits per heavy atom. The number of hydrogen-bond acceptors (Lipinski definition) is 3. The molecule has 0 heterocycles. The number of benzene rings is 1. The van der Waals surface area contributed by atoms with Crippen LogP contribution in [0.15, 0.2) is 18.2 Å². The second-order valence-corrected chi connectivity index (χ2v) is 4.18. The topological polar surface area (TPSA) is 44.5 Å². The first-order chi connectivity index (χ1) is 8.19. The van der Waals surface area contributed by atoms with Crippen molar-refractivity contribution in [3.05, 3.63) is 23.8 Å². The molecule has 0 fully saturated rings. The van der Waals surface area contributed by atoms with Gasteiger partial charge in [-0.2, -0.15) is 0 Å². The second-order valence-electron chi connectivity index (χ2n) is 4.18. The average molecular weight is 237 g/mol. The van der Waals surface area contributed by atoms with Crippen molar-refractivity contribution in [3.8, 4) is 11.5 Å². The van der Waals surface area contributed by atoms with Gasteiger partial charge < -0.3 is 15.2 Å². The molecule has 2 N–H and O–H groups in total. The van der Waals surface area contributed by atoms with Crippen LogP contribution in [-0.4, -0.2) is 14.2 Å². The minimum atomic E-state index is -0.0453. The van der Waals surface area contributed by atoms with Crippen LogP contribution < -0.4 is 15.2 Å². The fraction of sp³-hybridized carbons (Fsp3) is 0.571. The van der Waals surface area contributed by atoms with Gasteiger partial charge in [-0.05, 0) is 18.1 Å². The molecule has 1 aromatic rings. The van der Waals surface area contributed by atoms with Crippen molar-refractivity contribution in [3.63, 3.8) is 0 Å². The maximum Gasteiger partial charge on any atom is 0.127 e. The summed E-state index contributed by atoms with van der Waals surface area (Å²) in [5, 5.41) is 0. The van der Waals surface area contributed by atoms with Gasteiger partial charge in [0.15, 0.2) is 0 Å². The molecule has 0 saturated carbocycles. The number of nitrogens with two attached hydrogens (primary N) is 1. The largest absolute Gasteiger partial charge is 0.496 e. The van der Waals surface area contributed by atoms with Crippen LogP contribution >= 0.6 is 0 Å². The summed E-state index contributed by atoms with van der Waals surface area (Å²) in [5.41, 5.74) is 7.33. The number of ether oxygens (including phenoxy) is 2. The lowest BCUT2D eigenvalue weighted by Crippen LogP contribution is -2.21. The Morgan fingerprint density at radius 3 is 1.88 bits per heavy atom. The summed E-state index contributed by atoms with van der Waals surface area (Å²) >= 11 is 0. The molecule has 0 aromatic heterocycles. The predicted octanol–water partition coefficient (Wildman–Crippen LogP) is 3.14. The third-order valence-corrected chi connectivity index (χ3v) is 3.36. The van der Waals surface area contributed by atoms with E-state index in [0.29, 0.717) is 5.92 Å². The summed E-state index contributed by atoms with van der Waals surface area (Å²) in [6.07, 6.45) is 2.11. The van der Waals surface area contributed by atoms with Gasteiger partial charge in [0.05, 0.1) is 19.8 Å². The van der Waals surface area contributed by atoms with Crippen molar-refractivity contribution in [2.75, 3.05) is 14.2 Å². The van der Waals surface area contributed by atoms with E-state index < -0.39 is 0 Å². The summed E-state index contributed by atoms with van der Waals surface area (Å²) < 4.78 is 10.8. The lowest BCUT2D eigenvalue weighted by Gasteiger charge is -2.25. The SMILES string of the molecule is CCC(CC)C(N)c1c(OC)cccc1OC. The molecule has 3 heteroatoms. The van der Waals surface area contributed by atoms with Crippen LogP contribution in [0.4, 0.5) is 0 Å². The number of rotatable bonds is 6. The molecule has 17 heavy (non-hydrogen) atoms. The third kappa shape index (κ3) is 2.91. The van der Waals surface area contributed by atoms with E-state index in [1.165, 1.54) is 0 Å². The average Bonchev–Trinajstić information content (AvgIpc) is 2.38. The first kappa shape index (κ1) is 13.8. The molecule has 0 aliphatic carbocycles. The Balaban J connectivity index is 3.17. The highest BCUT2D eigenvalue weighted by atomic mass is 16.5. The molecule has 0 bridgehead atoms. The van der Waals surface area contributed by atoms with Gasteiger partial charge in [0.2, 0.25) is 0 Å². The van der Waals surface area contributed by atoms with Gasteiger partial charge in [-0.3, -0.25) is 0 Å². The Hall–Kier alpha value is -1.22. The first-order valence-corrected chi connectivity index (χ1v) is 6.15. The lowest BCUT2D eigenvalue weighted by molar-refractivity contribution is 0.347. The molecule has 0 amide bonds. The normalized spacial score (nSPS) is 12.6. The number of methoxy groups -OCH3 is 2. The van der Waals surface area contributed by atoms with Crippen LogP contribution in [0.2, 0.25) is 0 Å². The maximum atomic E-state index is 6.35. The van der Waals surface area contributed by atoms with Crippen LogP contribution in [0.25, 0.3) is 0 Å². The third-order valence-electron chi connectivity index (χ3n) is 3.36. The molecule has 1 aromatic carbocycles. The molecule has 0 saturated heterocycles. The molecule has 0 aliphatic rings. The van der Waals surface area contributed by atoms with Gasteiger partial charge in [-0.1, -0.05) is 32.8 Å². The van der Waals surface area contributed by atoms with Crippen molar-refractivity contribution >= 4 is 0 Å². The molecule has 0 spiro atoms. The molecule has 0 radical (unpaired) electrons. The van der Waals surface area contributed by atoms with Crippen LogP contribution in [0.1, 0.15) is 38.3 Å². The molecular weight excluding hydrogens is 214 g/mol. The van der Waals surface area contributed by atoms with Crippen LogP contribution in [0, 0.1) is 5.92 Å². The Bertz CT molecular complexity index is 326. The van der Waals surface area contributed by atoms with Gasteiger partial charge in [0.25, 0.3) is 0 Å². The highest BCUT2D eigenvalue weighted by molar-refractivity contribution is 5.47. The summed E-state index contributed by atoms with van der Waals surface area (Å²) in [6, 6.07) is 5.73. The zero-order chi connectivity index (χ0) is 12.8. The van der Waals surface area contributed by atoms with Crippen molar-refractivity contribution in [1.29, 1.82) is 0 Å². The number of hydrogen-bond donors (Lipinski definition) is 1. The van der Waals surface area contributed by atoms with E-state index in [4.69, 9.17) is 15.2 Å². The van der Waals surface area contributed by atoms with Crippen molar-refractivity contribution in [2.45, 2.75) is 32.7 Å². The smallest absolute Gasteiger partial charge is 0.127 e. The van der Waals surface area contributed by atoms with Gasteiger partial charge in [-0.25, -0.2) is 0 Å². The van der Waals surface area contributed by atoms with Crippen LogP contribution in [-0.2, 0) is 0 Å². The second kappa shape index (κ2) is 6.50. The Kier molecular flexibility index (Phi) is 5.29. The Morgan fingerprint density at radius 2 is 1.53 bits per heavy atom. The highest BCUT2D eigenvalue weighted by Crippen LogP contribution is 2.37. The van der Waals surface area contributed by atoms with E-state index in [0.717, 1.165) is 29.9 Å². The van der Waals surface area contributed by atoms with Crippen LogP contribution in [0.5, 0.6) is 11.5 Å². The van der Waals surface area contributed by atoms with Crippen molar-refractivity contribution in [1.82, 2.24) is 0 Å². The fourth-order valence-corrected chi connectivity index (χ4v) is 2.24. The van der Waals surface area contributed by atoms with Crippen LogP contribution in [0.3, 0.4) is 0 Å². The zero-order valence-corrected chi connectivity index (χ0v) is 11.2. The minimum absolute atomic E-state index is 0.0453. The summed E-state index contributed by atoms with van der Waals surface area (Å²) in [7, 11) is 3.33. The van der Waals surface area contributed by atoms with E-state index in [-0.39, 0.29) is 6.04 Å². The molecule has 3 nitrogen and oxygen atoms in total. The summed E-state index contributed by atoms with van der Waals surface area (Å²) in [6.45, 7) is 4.33. The molecule has 96 valence electrons. The standard InChI is InChI=1S/C14H23NO2/c1-5-10(6-2)14(15)13-11(16-3)8-7-9-12(13)17-4/h7-10,14H,5-6,15H2,1-4H3. The van der Waals surface area contributed by atoms with Gasteiger partial charge >= 0.3 is 0 Å². The molecule has 0 aliphatic heterocycles. The first-order valence-electron chi connectivity index (χ1n) is 6.15. The summed E-state index contributed by atoms with van der Waals surface area (Å²) in [4.78, 5) is 0. The monoisotopic (exact) mass is 237 g/mol. The van der Waals surface area contributed by atoms with Gasteiger partial charge in [0, 0.05) is 6.04 Å². The van der Waals surface area contributed by atoms with Gasteiger partial charge in [0.1, 0.15) is 11.5 Å². The maximum absolute atomic E-state index is 6.35. The fourth-order valence-electron chi connectivity index (χ4n) is 2.24. The minimum Gasteiger partial charge on any atom is -0.496 e. The van der Waals surface area contributed by atoms with Crippen molar-refractivity contribution < 1.29 is 9.47 Å². The summed E-state index contributed by atoms with van der Waals surface area (Å²) in [5.74, 6) is 2.06. The molecular formula is C14H23NO2. The van der Waals surface area contributed by atoms with E-state index in [2.05, 4.69) is 13.8 Å². The Labute approximate surface area is 104 Å². The predicted molar refractivity (Wildman–Crippen MR) is 70.5 cm³/mol. The van der Waals surface area contributed by atoms with E-state index >= 15 is 0 Å². The molecule has 1 unspecified atom stereocenters. The zero-order valence-electron chi connectivity index (χ0n) is 11.2. The van der Waals surface area contributed by atoms with Crippen molar-refractivity contribution in [2.24, 2.45) is 11.7 Å². The van der Waals surface area contributed by atoms with E-state index in [9.17, 15) is 0 Å².